The Balaban J connectivity index is 1.57. The van der Waals surface area contributed by atoms with Crippen molar-refractivity contribution in [2.45, 2.75) is 19.3 Å². The van der Waals surface area contributed by atoms with E-state index in [1.165, 1.54) is 5.56 Å². The number of carbonyl (C=O) groups excluding carboxylic acids is 2. The largest absolute Gasteiger partial charge is 0.491 e. The highest BCUT2D eigenvalue weighted by Crippen LogP contribution is 2.32. The Morgan fingerprint density at radius 3 is 2.84 bits per heavy atom. The zero-order valence-corrected chi connectivity index (χ0v) is 14.2. The van der Waals surface area contributed by atoms with E-state index in [9.17, 15) is 9.59 Å². The van der Waals surface area contributed by atoms with Crippen LogP contribution in [-0.4, -0.2) is 32.0 Å². The third-order valence-electron chi connectivity index (χ3n) is 4.88. The quantitative estimate of drug-likeness (QED) is 0.847. The van der Waals surface area contributed by atoms with Crippen molar-refractivity contribution in [1.29, 1.82) is 0 Å². The number of anilines is 2. The number of ether oxygens (including phenoxy) is 1. The van der Waals surface area contributed by atoms with E-state index in [0.29, 0.717) is 25.2 Å². The van der Waals surface area contributed by atoms with Gasteiger partial charge in [-0.1, -0.05) is 24.3 Å². The summed E-state index contributed by atoms with van der Waals surface area (Å²) in [7, 11) is 1.75. The van der Waals surface area contributed by atoms with Crippen LogP contribution in [0, 0.1) is 0 Å². The van der Waals surface area contributed by atoms with Crippen molar-refractivity contribution in [1.82, 2.24) is 0 Å². The van der Waals surface area contributed by atoms with Gasteiger partial charge in [-0.15, -0.1) is 0 Å². The van der Waals surface area contributed by atoms with E-state index < -0.39 is 0 Å². The topological polar surface area (TPSA) is 49.9 Å². The lowest BCUT2D eigenvalue weighted by Gasteiger charge is -2.19. The lowest BCUT2D eigenvalue weighted by Crippen LogP contribution is -2.30. The zero-order valence-electron chi connectivity index (χ0n) is 14.2. The monoisotopic (exact) mass is 336 g/mol. The summed E-state index contributed by atoms with van der Waals surface area (Å²) in [6, 6.07) is 13.7. The second-order valence-corrected chi connectivity index (χ2v) is 6.45. The van der Waals surface area contributed by atoms with E-state index in [-0.39, 0.29) is 11.8 Å². The standard InChI is InChI=1S/C20H20N2O3/c1-21-17-12-14(6-7-18(17)25-11-9-19(21)23)13-20(24)22-10-8-15-4-2-3-5-16(15)22/h2-7,12H,8-11,13H2,1H3. The molecule has 0 aromatic heterocycles. The summed E-state index contributed by atoms with van der Waals surface area (Å²) >= 11 is 0. The molecule has 2 aliphatic rings. The Labute approximate surface area is 146 Å². The fourth-order valence-electron chi connectivity index (χ4n) is 3.47. The Morgan fingerprint density at radius 1 is 1.12 bits per heavy atom. The molecular weight excluding hydrogens is 316 g/mol. The van der Waals surface area contributed by atoms with Crippen LogP contribution in [0.25, 0.3) is 0 Å². The molecule has 0 saturated heterocycles. The van der Waals surface area contributed by atoms with Gasteiger partial charge in [0.05, 0.1) is 25.1 Å². The highest BCUT2D eigenvalue weighted by Gasteiger charge is 2.25. The van der Waals surface area contributed by atoms with Crippen LogP contribution < -0.4 is 14.5 Å². The second kappa shape index (κ2) is 6.24. The maximum Gasteiger partial charge on any atom is 0.231 e. The molecule has 0 unspecified atom stereocenters. The van der Waals surface area contributed by atoms with E-state index in [2.05, 4.69) is 6.07 Å². The van der Waals surface area contributed by atoms with E-state index in [4.69, 9.17) is 4.74 Å². The molecule has 2 aromatic carbocycles. The summed E-state index contributed by atoms with van der Waals surface area (Å²) in [6.45, 7) is 1.11. The predicted molar refractivity (Wildman–Crippen MR) is 96.2 cm³/mol. The molecular formula is C20H20N2O3. The highest BCUT2D eigenvalue weighted by molar-refractivity contribution is 5.98. The van der Waals surface area contributed by atoms with Gasteiger partial charge in [-0.3, -0.25) is 9.59 Å². The number of hydrogen-bond donors (Lipinski definition) is 0. The van der Waals surface area contributed by atoms with Gasteiger partial charge < -0.3 is 14.5 Å². The SMILES string of the molecule is CN1C(=O)CCOc2ccc(CC(=O)N3CCc4ccccc43)cc21. The number of nitrogens with zero attached hydrogens (tertiary/aromatic N) is 2. The minimum Gasteiger partial charge on any atom is -0.491 e. The number of amides is 2. The van der Waals surface area contributed by atoms with Crippen molar-refractivity contribution in [2.75, 3.05) is 30.0 Å². The van der Waals surface area contributed by atoms with Crippen molar-refractivity contribution in [3.05, 3.63) is 53.6 Å². The summed E-state index contributed by atoms with van der Waals surface area (Å²) in [6.07, 6.45) is 1.57. The first kappa shape index (κ1) is 15.7. The molecule has 0 atom stereocenters. The summed E-state index contributed by atoms with van der Waals surface area (Å²) in [5, 5.41) is 0. The molecule has 128 valence electrons. The Morgan fingerprint density at radius 2 is 1.96 bits per heavy atom. The molecule has 0 fully saturated rings. The predicted octanol–water partition coefficient (Wildman–Crippen LogP) is 2.56. The molecule has 25 heavy (non-hydrogen) atoms. The van der Waals surface area contributed by atoms with Crippen molar-refractivity contribution >= 4 is 23.2 Å². The Kier molecular flexibility index (Phi) is 3.92. The van der Waals surface area contributed by atoms with Crippen LogP contribution in [0.3, 0.4) is 0 Å². The van der Waals surface area contributed by atoms with Gasteiger partial charge in [-0.2, -0.15) is 0 Å². The van der Waals surface area contributed by atoms with E-state index in [1.54, 1.807) is 11.9 Å². The first-order valence-corrected chi connectivity index (χ1v) is 8.54. The molecule has 0 saturated carbocycles. The molecule has 0 aliphatic carbocycles. The van der Waals surface area contributed by atoms with Gasteiger partial charge in [0.2, 0.25) is 11.8 Å². The molecule has 5 heteroatoms. The molecule has 0 radical (unpaired) electrons. The van der Waals surface area contributed by atoms with Crippen LogP contribution in [0.1, 0.15) is 17.5 Å². The summed E-state index contributed by atoms with van der Waals surface area (Å²) in [4.78, 5) is 28.3. The second-order valence-electron chi connectivity index (χ2n) is 6.45. The minimum absolute atomic E-state index is 0.0238. The average molecular weight is 336 g/mol. The van der Waals surface area contributed by atoms with Gasteiger partial charge in [0.25, 0.3) is 0 Å². The zero-order chi connectivity index (χ0) is 17.4. The lowest BCUT2D eigenvalue weighted by atomic mass is 10.1. The van der Waals surface area contributed by atoms with Crippen molar-refractivity contribution in [3.63, 3.8) is 0 Å². The number of hydrogen-bond acceptors (Lipinski definition) is 3. The maximum absolute atomic E-state index is 12.8. The van der Waals surface area contributed by atoms with Crippen LogP contribution in [-0.2, 0) is 22.4 Å². The molecule has 4 rings (SSSR count). The van der Waals surface area contributed by atoms with Gasteiger partial charge >= 0.3 is 0 Å². The molecule has 2 amide bonds. The molecule has 0 N–H and O–H groups in total. The summed E-state index contributed by atoms with van der Waals surface area (Å²) in [5.41, 5.74) is 3.85. The highest BCUT2D eigenvalue weighted by atomic mass is 16.5. The van der Waals surface area contributed by atoms with E-state index >= 15 is 0 Å². The van der Waals surface area contributed by atoms with Gasteiger partial charge in [-0.05, 0) is 35.7 Å². The normalized spacial score (nSPS) is 16.1. The van der Waals surface area contributed by atoms with Crippen molar-refractivity contribution in [2.24, 2.45) is 0 Å². The van der Waals surface area contributed by atoms with Gasteiger partial charge in [0.1, 0.15) is 5.75 Å². The molecule has 5 nitrogen and oxygen atoms in total. The first-order chi connectivity index (χ1) is 12.1. The number of carbonyl (C=O) groups is 2. The van der Waals surface area contributed by atoms with Crippen LogP contribution >= 0.6 is 0 Å². The molecule has 0 spiro atoms. The molecule has 0 bridgehead atoms. The maximum atomic E-state index is 12.8. The van der Waals surface area contributed by atoms with Gasteiger partial charge in [-0.25, -0.2) is 0 Å². The Hall–Kier alpha value is -2.82. The summed E-state index contributed by atoms with van der Waals surface area (Å²) in [5.74, 6) is 0.792. The number of rotatable bonds is 2. The van der Waals surface area contributed by atoms with Crippen LogP contribution in [0.4, 0.5) is 11.4 Å². The van der Waals surface area contributed by atoms with Crippen LogP contribution in [0.2, 0.25) is 0 Å². The number of benzene rings is 2. The van der Waals surface area contributed by atoms with Crippen molar-refractivity contribution in [3.8, 4) is 5.75 Å². The molecule has 2 heterocycles. The van der Waals surface area contributed by atoms with Gasteiger partial charge in [0, 0.05) is 19.3 Å². The average Bonchev–Trinajstić information content (AvgIpc) is 3.00. The molecule has 2 aromatic rings. The third-order valence-corrected chi connectivity index (χ3v) is 4.88. The minimum atomic E-state index is 0.0238. The van der Waals surface area contributed by atoms with E-state index in [1.807, 2.05) is 41.3 Å². The fraction of sp³-hybridized carbons (Fsp3) is 0.300. The number of para-hydroxylation sites is 1. The lowest BCUT2D eigenvalue weighted by molar-refractivity contribution is -0.119. The van der Waals surface area contributed by atoms with Gasteiger partial charge in [0.15, 0.2) is 0 Å². The summed E-state index contributed by atoms with van der Waals surface area (Å²) < 4.78 is 5.64. The third kappa shape index (κ3) is 2.86. The van der Waals surface area contributed by atoms with Crippen LogP contribution in [0.5, 0.6) is 5.75 Å². The van der Waals surface area contributed by atoms with E-state index in [0.717, 1.165) is 29.9 Å². The Bertz CT molecular complexity index is 847. The number of fused-ring (bicyclic) bond motifs is 2. The fourth-order valence-corrected chi connectivity index (χ4v) is 3.47. The van der Waals surface area contributed by atoms with Crippen molar-refractivity contribution < 1.29 is 14.3 Å². The smallest absolute Gasteiger partial charge is 0.231 e. The van der Waals surface area contributed by atoms with Crippen LogP contribution in [0.15, 0.2) is 42.5 Å². The molecule has 2 aliphatic heterocycles. The first-order valence-electron chi connectivity index (χ1n) is 8.54.